The van der Waals surface area contributed by atoms with Crippen molar-refractivity contribution in [3.8, 4) is 0 Å². The summed E-state index contributed by atoms with van der Waals surface area (Å²) in [5.74, 6) is -1.20. The summed E-state index contributed by atoms with van der Waals surface area (Å²) in [6.07, 6.45) is 3.75. The first-order chi connectivity index (χ1) is 11.5. The van der Waals surface area contributed by atoms with Crippen LogP contribution in [0.5, 0.6) is 0 Å². The molecule has 24 heavy (non-hydrogen) atoms. The highest BCUT2D eigenvalue weighted by molar-refractivity contribution is 5.30. The number of halogens is 2. The highest BCUT2D eigenvalue weighted by Crippen LogP contribution is 2.35. The van der Waals surface area contributed by atoms with Crippen molar-refractivity contribution in [3.05, 3.63) is 67.5 Å². The number of rotatable bonds is 3. The van der Waals surface area contributed by atoms with E-state index in [0.717, 1.165) is 31.7 Å². The van der Waals surface area contributed by atoms with Gasteiger partial charge in [-0.3, -0.25) is 9.78 Å². The molecule has 1 aromatic carbocycles. The minimum absolute atomic E-state index is 0.0446. The maximum Gasteiger partial charge on any atom is 0.325 e. The van der Waals surface area contributed by atoms with Crippen LogP contribution in [0.3, 0.4) is 0 Å². The monoisotopic (exact) mass is 334 g/mol. The molecule has 1 aliphatic carbocycles. The highest BCUT2D eigenvalue weighted by atomic mass is 19.2. The van der Waals surface area contributed by atoms with Crippen LogP contribution in [0.25, 0.3) is 0 Å². The molecule has 0 unspecified atom stereocenters. The van der Waals surface area contributed by atoms with Gasteiger partial charge in [-0.2, -0.15) is 0 Å². The zero-order valence-corrected chi connectivity index (χ0v) is 13.5. The van der Waals surface area contributed by atoms with E-state index in [2.05, 4.69) is 16.9 Å². The fourth-order valence-corrected chi connectivity index (χ4v) is 3.48. The van der Waals surface area contributed by atoms with E-state index >= 15 is 0 Å². The van der Waals surface area contributed by atoms with Crippen molar-refractivity contribution in [3.63, 3.8) is 0 Å². The molecule has 0 spiro atoms. The average molecular weight is 334 g/mol. The molecule has 128 valence electrons. The van der Waals surface area contributed by atoms with Crippen LogP contribution >= 0.6 is 0 Å². The lowest BCUT2D eigenvalue weighted by Gasteiger charge is -2.27. The predicted molar refractivity (Wildman–Crippen MR) is 87.2 cm³/mol. The van der Waals surface area contributed by atoms with Crippen LogP contribution in [0.1, 0.15) is 55.3 Å². The van der Waals surface area contributed by atoms with Gasteiger partial charge in [0.25, 0.3) is 5.56 Å². The van der Waals surface area contributed by atoms with Crippen molar-refractivity contribution in [1.29, 1.82) is 0 Å². The Morgan fingerprint density at radius 2 is 1.79 bits per heavy atom. The van der Waals surface area contributed by atoms with E-state index in [4.69, 9.17) is 0 Å². The Labute approximate surface area is 137 Å². The summed E-state index contributed by atoms with van der Waals surface area (Å²) >= 11 is 0. The van der Waals surface area contributed by atoms with E-state index < -0.39 is 22.9 Å². The number of H-pyrrole nitrogens is 2. The van der Waals surface area contributed by atoms with Crippen LogP contribution in [-0.4, -0.2) is 9.97 Å². The van der Waals surface area contributed by atoms with E-state index in [9.17, 15) is 18.4 Å². The molecule has 2 N–H and O–H groups in total. The third kappa shape index (κ3) is 3.32. The molecule has 1 aliphatic rings. The molecule has 2 aromatic rings. The molecular weight excluding hydrogens is 314 g/mol. The van der Waals surface area contributed by atoms with E-state index in [1.807, 2.05) is 0 Å². The molecule has 1 heterocycles. The Morgan fingerprint density at radius 3 is 2.50 bits per heavy atom. The van der Waals surface area contributed by atoms with Gasteiger partial charge in [0.2, 0.25) is 0 Å². The van der Waals surface area contributed by atoms with Gasteiger partial charge in [-0.1, -0.05) is 31.9 Å². The maximum atomic E-state index is 14.0. The zero-order chi connectivity index (χ0) is 17.3. The van der Waals surface area contributed by atoms with Gasteiger partial charge in [0, 0.05) is 17.7 Å². The second-order valence-corrected chi connectivity index (χ2v) is 6.65. The zero-order valence-electron chi connectivity index (χ0n) is 13.5. The first-order valence-corrected chi connectivity index (χ1v) is 8.24. The first-order valence-electron chi connectivity index (χ1n) is 8.24. The fourth-order valence-electron chi connectivity index (χ4n) is 3.48. The van der Waals surface area contributed by atoms with Crippen molar-refractivity contribution in [1.82, 2.24) is 9.97 Å². The van der Waals surface area contributed by atoms with Crippen LogP contribution < -0.4 is 11.2 Å². The lowest BCUT2D eigenvalue weighted by atomic mass is 9.80. The van der Waals surface area contributed by atoms with E-state index in [0.29, 0.717) is 17.2 Å². The van der Waals surface area contributed by atoms with Gasteiger partial charge in [0.05, 0.1) is 0 Å². The third-order valence-electron chi connectivity index (χ3n) is 4.90. The molecule has 0 amide bonds. The Hall–Kier alpha value is -2.24. The largest absolute Gasteiger partial charge is 0.325 e. The topological polar surface area (TPSA) is 65.7 Å². The van der Waals surface area contributed by atoms with Crippen molar-refractivity contribution in [2.75, 3.05) is 0 Å². The minimum Gasteiger partial charge on any atom is -0.311 e. The van der Waals surface area contributed by atoms with Crippen molar-refractivity contribution in [2.45, 2.75) is 44.9 Å². The molecular formula is C18H20F2N2O2. The molecule has 3 rings (SSSR count). The Kier molecular flexibility index (Phi) is 4.64. The standard InChI is InChI=1S/C18H20F2N2O2/c1-10-5-7-11(8-6-10)16-13(17(23)22-18(24)21-16)9-12-3-2-4-14(19)15(12)20/h2-4,10-11H,5-9H2,1H3,(H2,21,22,23,24). The minimum atomic E-state index is -0.952. The summed E-state index contributed by atoms with van der Waals surface area (Å²) in [4.78, 5) is 28.9. The highest BCUT2D eigenvalue weighted by Gasteiger charge is 2.25. The normalized spacial score (nSPS) is 21.0. The molecule has 0 aliphatic heterocycles. The molecule has 4 nitrogen and oxygen atoms in total. The van der Waals surface area contributed by atoms with Crippen LogP contribution in [0.15, 0.2) is 27.8 Å². The van der Waals surface area contributed by atoms with Crippen molar-refractivity contribution in [2.24, 2.45) is 5.92 Å². The number of hydrogen-bond donors (Lipinski definition) is 2. The molecule has 6 heteroatoms. The van der Waals surface area contributed by atoms with Gasteiger partial charge < -0.3 is 4.98 Å². The molecule has 0 bridgehead atoms. The smallest absolute Gasteiger partial charge is 0.311 e. The Balaban J connectivity index is 2.02. The van der Waals surface area contributed by atoms with E-state index in [-0.39, 0.29) is 17.9 Å². The van der Waals surface area contributed by atoms with Crippen molar-refractivity contribution >= 4 is 0 Å². The SMILES string of the molecule is CC1CCC(c2[nH]c(=O)[nH]c(=O)c2Cc2cccc(F)c2F)CC1. The number of aromatic nitrogens is 2. The fraction of sp³-hybridized carbons (Fsp3) is 0.444. The molecule has 0 saturated heterocycles. The summed E-state index contributed by atoms with van der Waals surface area (Å²) in [5.41, 5.74) is -0.0935. The second-order valence-electron chi connectivity index (χ2n) is 6.65. The number of nitrogens with one attached hydrogen (secondary N) is 2. The summed E-state index contributed by atoms with van der Waals surface area (Å²) in [6.45, 7) is 2.18. The molecule has 1 aromatic heterocycles. The number of aromatic amines is 2. The molecule has 1 fully saturated rings. The summed E-state index contributed by atoms with van der Waals surface area (Å²) in [7, 11) is 0. The third-order valence-corrected chi connectivity index (χ3v) is 4.90. The van der Waals surface area contributed by atoms with E-state index in [1.54, 1.807) is 0 Å². The molecule has 0 radical (unpaired) electrons. The average Bonchev–Trinajstić information content (AvgIpc) is 2.54. The van der Waals surface area contributed by atoms with Crippen LogP contribution in [0, 0.1) is 17.6 Å². The first kappa shape index (κ1) is 16.6. The van der Waals surface area contributed by atoms with Crippen LogP contribution in [0.2, 0.25) is 0 Å². The van der Waals surface area contributed by atoms with Gasteiger partial charge in [0.15, 0.2) is 11.6 Å². The Bertz CT molecular complexity index is 849. The van der Waals surface area contributed by atoms with Crippen LogP contribution in [0.4, 0.5) is 8.78 Å². The predicted octanol–water partition coefficient (Wildman–Crippen LogP) is 3.23. The van der Waals surface area contributed by atoms with Gasteiger partial charge in [-0.05, 0) is 36.3 Å². The van der Waals surface area contributed by atoms with Crippen LogP contribution in [-0.2, 0) is 6.42 Å². The maximum absolute atomic E-state index is 14.0. The molecule has 0 atom stereocenters. The lowest BCUT2D eigenvalue weighted by Crippen LogP contribution is -2.30. The second kappa shape index (κ2) is 6.71. The van der Waals surface area contributed by atoms with Gasteiger partial charge in [0.1, 0.15) is 0 Å². The Morgan fingerprint density at radius 1 is 1.08 bits per heavy atom. The lowest BCUT2D eigenvalue weighted by molar-refractivity contribution is 0.342. The quantitative estimate of drug-likeness (QED) is 0.905. The van der Waals surface area contributed by atoms with Gasteiger partial charge in [-0.15, -0.1) is 0 Å². The summed E-state index contributed by atoms with van der Waals surface area (Å²) in [5, 5.41) is 0. The van der Waals surface area contributed by atoms with Crippen molar-refractivity contribution < 1.29 is 8.78 Å². The van der Waals surface area contributed by atoms with Gasteiger partial charge in [-0.25, -0.2) is 13.6 Å². The summed E-state index contributed by atoms with van der Waals surface area (Å²) in [6, 6.07) is 3.91. The number of benzene rings is 1. The van der Waals surface area contributed by atoms with E-state index in [1.165, 1.54) is 12.1 Å². The van der Waals surface area contributed by atoms with Gasteiger partial charge >= 0.3 is 5.69 Å². The summed E-state index contributed by atoms with van der Waals surface area (Å²) < 4.78 is 27.4. The molecule has 1 saturated carbocycles. The number of hydrogen-bond acceptors (Lipinski definition) is 2.